The average Bonchev–Trinajstić information content (AvgIpc) is 1.83. The molecule has 0 saturated carbocycles. The van der Waals surface area contributed by atoms with Crippen molar-refractivity contribution < 1.29 is 5.11 Å². The Morgan fingerprint density at radius 2 is 2.00 bits per heavy atom. The lowest BCUT2D eigenvalue weighted by Gasteiger charge is -2.46. The third-order valence-electron chi connectivity index (χ3n) is 2.18. The molecule has 1 aliphatic heterocycles. The Hall–Kier alpha value is -0.0800. The summed E-state index contributed by atoms with van der Waals surface area (Å²) < 4.78 is 0. The van der Waals surface area contributed by atoms with E-state index in [9.17, 15) is 0 Å². The van der Waals surface area contributed by atoms with E-state index in [1.165, 1.54) is 13.1 Å². The molecule has 0 amide bonds. The molecule has 0 aliphatic carbocycles. The average molecular weight is 157 g/mol. The molecule has 2 nitrogen and oxygen atoms in total. The Balaban J connectivity index is 2.13. The zero-order valence-corrected chi connectivity index (χ0v) is 7.80. The number of likely N-dealkylation sites (tertiary alicyclic amines) is 1. The highest BCUT2D eigenvalue weighted by molar-refractivity contribution is 4.87. The summed E-state index contributed by atoms with van der Waals surface area (Å²) in [5.41, 5.74) is 0.523. The lowest BCUT2D eigenvalue weighted by molar-refractivity contribution is 0.0131. The summed E-state index contributed by atoms with van der Waals surface area (Å²) in [7, 11) is 0. The van der Waals surface area contributed by atoms with E-state index in [2.05, 4.69) is 25.7 Å². The van der Waals surface area contributed by atoms with E-state index >= 15 is 0 Å². The van der Waals surface area contributed by atoms with Gasteiger partial charge in [-0.2, -0.15) is 0 Å². The predicted octanol–water partition coefficient (Wildman–Crippen LogP) is 0.957. The normalized spacial score (nSPS) is 26.2. The van der Waals surface area contributed by atoms with E-state index in [0.29, 0.717) is 17.9 Å². The summed E-state index contributed by atoms with van der Waals surface area (Å²) in [6.45, 7) is 10.4. The highest BCUT2D eigenvalue weighted by Crippen LogP contribution is 2.28. The van der Waals surface area contributed by atoms with Crippen LogP contribution in [0.25, 0.3) is 0 Å². The molecule has 1 fully saturated rings. The molecule has 66 valence electrons. The minimum Gasteiger partial charge on any atom is -0.396 e. The molecule has 0 radical (unpaired) electrons. The van der Waals surface area contributed by atoms with Crippen molar-refractivity contribution in [2.24, 2.45) is 11.3 Å². The Morgan fingerprint density at radius 3 is 2.36 bits per heavy atom. The lowest BCUT2D eigenvalue weighted by atomic mass is 9.84. The van der Waals surface area contributed by atoms with E-state index in [1.54, 1.807) is 0 Å². The smallest absolute Gasteiger partial charge is 0.0468 e. The van der Waals surface area contributed by atoms with Crippen LogP contribution in [0, 0.1) is 11.3 Å². The Bertz CT molecular complexity index is 126. The third kappa shape index (κ3) is 2.46. The van der Waals surface area contributed by atoms with Gasteiger partial charge in [0.15, 0.2) is 0 Å². The lowest BCUT2D eigenvalue weighted by Crippen LogP contribution is -2.54. The molecule has 1 saturated heterocycles. The molecule has 1 heterocycles. The fourth-order valence-corrected chi connectivity index (χ4v) is 1.79. The van der Waals surface area contributed by atoms with Crippen molar-refractivity contribution in [3.63, 3.8) is 0 Å². The zero-order chi connectivity index (χ0) is 8.48. The second-order valence-electron chi connectivity index (χ2n) is 4.62. The monoisotopic (exact) mass is 157 g/mol. The number of rotatable bonds is 3. The van der Waals surface area contributed by atoms with Crippen LogP contribution >= 0.6 is 0 Å². The second-order valence-corrected chi connectivity index (χ2v) is 4.62. The fourth-order valence-electron chi connectivity index (χ4n) is 1.79. The van der Waals surface area contributed by atoms with Gasteiger partial charge in [-0.3, -0.25) is 0 Å². The molecular weight excluding hydrogens is 138 g/mol. The maximum atomic E-state index is 8.81. The molecule has 1 N–H and O–H groups in total. The van der Waals surface area contributed by atoms with Gasteiger partial charge in [0, 0.05) is 26.2 Å². The first-order chi connectivity index (χ1) is 5.03. The van der Waals surface area contributed by atoms with Crippen LogP contribution in [0.3, 0.4) is 0 Å². The van der Waals surface area contributed by atoms with Crippen molar-refractivity contribution in [1.29, 1.82) is 0 Å². The molecule has 1 atom stereocenters. The molecule has 11 heavy (non-hydrogen) atoms. The van der Waals surface area contributed by atoms with Crippen LogP contribution in [-0.4, -0.2) is 36.2 Å². The minimum absolute atomic E-state index is 0.316. The van der Waals surface area contributed by atoms with E-state index in [-0.39, 0.29) is 0 Å². The topological polar surface area (TPSA) is 23.5 Å². The summed E-state index contributed by atoms with van der Waals surface area (Å²) in [5, 5.41) is 8.81. The molecular formula is C9H19NO. The van der Waals surface area contributed by atoms with Gasteiger partial charge in [0.25, 0.3) is 0 Å². The first-order valence-corrected chi connectivity index (χ1v) is 4.37. The molecule has 0 aromatic heterocycles. The molecule has 0 aromatic carbocycles. The summed E-state index contributed by atoms with van der Waals surface area (Å²) in [4.78, 5) is 2.40. The van der Waals surface area contributed by atoms with Crippen molar-refractivity contribution in [1.82, 2.24) is 4.90 Å². The van der Waals surface area contributed by atoms with Crippen LogP contribution in [0.5, 0.6) is 0 Å². The van der Waals surface area contributed by atoms with Crippen LogP contribution in [-0.2, 0) is 0 Å². The first kappa shape index (κ1) is 9.01. The Morgan fingerprint density at radius 1 is 1.45 bits per heavy atom. The number of hydrogen-bond acceptors (Lipinski definition) is 2. The van der Waals surface area contributed by atoms with Crippen LogP contribution in [0.4, 0.5) is 0 Å². The minimum atomic E-state index is 0.316. The Kier molecular flexibility index (Phi) is 2.55. The number of hydrogen-bond donors (Lipinski definition) is 1. The fraction of sp³-hybridized carbons (Fsp3) is 1.00. The van der Waals surface area contributed by atoms with Gasteiger partial charge in [0.1, 0.15) is 0 Å². The first-order valence-electron chi connectivity index (χ1n) is 4.37. The highest BCUT2D eigenvalue weighted by Gasteiger charge is 2.33. The zero-order valence-electron chi connectivity index (χ0n) is 7.80. The summed E-state index contributed by atoms with van der Waals surface area (Å²) >= 11 is 0. The van der Waals surface area contributed by atoms with Crippen LogP contribution in [0.2, 0.25) is 0 Å². The van der Waals surface area contributed by atoms with Crippen LogP contribution < -0.4 is 0 Å². The van der Waals surface area contributed by atoms with Crippen molar-refractivity contribution in [2.75, 3.05) is 26.2 Å². The van der Waals surface area contributed by atoms with Gasteiger partial charge in [0.2, 0.25) is 0 Å². The van der Waals surface area contributed by atoms with Gasteiger partial charge >= 0.3 is 0 Å². The number of nitrogens with zero attached hydrogens (tertiary/aromatic N) is 1. The summed E-state index contributed by atoms with van der Waals surface area (Å²) in [6.07, 6.45) is 0. The standard InChI is InChI=1S/C9H19NO/c1-8(5-11)4-10-6-9(2,3)7-10/h8,11H,4-7H2,1-3H3. The van der Waals surface area contributed by atoms with Gasteiger partial charge in [-0.25, -0.2) is 0 Å². The van der Waals surface area contributed by atoms with Crippen LogP contribution in [0.15, 0.2) is 0 Å². The van der Waals surface area contributed by atoms with Crippen molar-refractivity contribution >= 4 is 0 Å². The van der Waals surface area contributed by atoms with Gasteiger partial charge in [-0.15, -0.1) is 0 Å². The highest BCUT2D eigenvalue weighted by atomic mass is 16.3. The summed E-state index contributed by atoms with van der Waals surface area (Å²) in [5.74, 6) is 0.436. The third-order valence-corrected chi connectivity index (χ3v) is 2.18. The van der Waals surface area contributed by atoms with Crippen LogP contribution in [0.1, 0.15) is 20.8 Å². The van der Waals surface area contributed by atoms with Gasteiger partial charge in [0.05, 0.1) is 0 Å². The van der Waals surface area contributed by atoms with Gasteiger partial charge in [-0.1, -0.05) is 20.8 Å². The maximum absolute atomic E-state index is 8.81. The molecule has 2 heteroatoms. The quantitative estimate of drug-likeness (QED) is 0.659. The molecule has 1 aliphatic rings. The molecule has 0 spiro atoms. The second kappa shape index (κ2) is 3.11. The predicted molar refractivity (Wildman–Crippen MR) is 46.5 cm³/mol. The van der Waals surface area contributed by atoms with E-state index in [1.807, 2.05) is 0 Å². The molecule has 0 aromatic rings. The number of aliphatic hydroxyl groups excluding tert-OH is 1. The van der Waals surface area contributed by atoms with Gasteiger partial charge < -0.3 is 10.0 Å². The van der Waals surface area contributed by atoms with Crippen molar-refractivity contribution in [3.8, 4) is 0 Å². The van der Waals surface area contributed by atoms with Crippen molar-refractivity contribution in [2.45, 2.75) is 20.8 Å². The maximum Gasteiger partial charge on any atom is 0.0468 e. The van der Waals surface area contributed by atoms with Crippen molar-refractivity contribution in [3.05, 3.63) is 0 Å². The Labute approximate surface area is 69.2 Å². The number of aliphatic hydroxyl groups is 1. The largest absolute Gasteiger partial charge is 0.396 e. The molecule has 1 rings (SSSR count). The SMILES string of the molecule is CC(CO)CN1CC(C)(C)C1. The molecule has 0 bridgehead atoms. The van der Waals surface area contributed by atoms with E-state index in [4.69, 9.17) is 5.11 Å². The van der Waals surface area contributed by atoms with E-state index in [0.717, 1.165) is 6.54 Å². The van der Waals surface area contributed by atoms with Gasteiger partial charge in [-0.05, 0) is 11.3 Å². The summed E-state index contributed by atoms with van der Waals surface area (Å²) in [6, 6.07) is 0. The molecule has 1 unspecified atom stereocenters. The van der Waals surface area contributed by atoms with E-state index < -0.39 is 0 Å².